The van der Waals surface area contributed by atoms with Gasteiger partial charge in [-0.1, -0.05) is 13.8 Å². The van der Waals surface area contributed by atoms with Crippen molar-refractivity contribution in [2.24, 2.45) is 0 Å². The fraction of sp³-hybridized carbons (Fsp3) is 0.217. The van der Waals surface area contributed by atoms with Crippen LogP contribution in [-0.2, 0) is 0 Å². The molecule has 0 atom stereocenters. The van der Waals surface area contributed by atoms with Crippen LogP contribution in [0.3, 0.4) is 0 Å². The molecule has 0 spiro atoms. The predicted molar refractivity (Wildman–Crippen MR) is 117 cm³/mol. The summed E-state index contributed by atoms with van der Waals surface area (Å²) in [6, 6.07) is 11.1. The Morgan fingerprint density at radius 1 is 1.13 bits per heavy atom. The third-order valence-corrected chi connectivity index (χ3v) is 5.15. The van der Waals surface area contributed by atoms with Gasteiger partial charge in [0.15, 0.2) is 0 Å². The molecule has 0 aliphatic heterocycles. The van der Waals surface area contributed by atoms with E-state index in [2.05, 4.69) is 28.9 Å². The minimum Gasteiger partial charge on any atom is -0.457 e. The molecular weight excluding hydrogens is 394 g/mol. The monoisotopic (exact) mass is 415 g/mol. The minimum absolute atomic E-state index is 0.379. The fourth-order valence-corrected chi connectivity index (χ4v) is 3.64. The number of aromatic amines is 2. The molecule has 2 heterocycles. The molecule has 31 heavy (non-hydrogen) atoms. The van der Waals surface area contributed by atoms with Crippen LogP contribution in [0, 0.1) is 25.2 Å². The van der Waals surface area contributed by atoms with Crippen molar-refractivity contribution in [2.75, 3.05) is 0 Å². The SMILES string of the molecule is Cc1cc(-n2nc(C#N)c(=O)[nH]c2=O)cc(C)c1Oc1ccc2[nH]cc(C(C)C)c2c1. The number of H-pyrrole nitrogens is 2. The molecule has 4 aromatic rings. The lowest BCUT2D eigenvalue weighted by Crippen LogP contribution is -2.33. The number of hydrogen-bond donors (Lipinski definition) is 2. The number of benzene rings is 2. The van der Waals surface area contributed by atoms with Crippen LogP contribution in [0.4, 0.5) is 0 Å². The van der Waals surface area contributed by atoms with Gasteiger partial charge < -0.3 is 9.72 Å². The Kier molecular flexibility index (Phi) is 4.95. The molecule has 0 aliphatic rings. The molecule has 2 aromatic carbocycles. The van der Waals surface area contributed by atoms with E-state index in [-0.39, 0.29) is 5.69 Å². The van der Waals surface area contributed by atoms with Gasteiger partial charge >= 0.3 is 5.69 Å². The van der Waals surface area contributed by atoms with Gasteiger partial charge in [0.05, 0.1) is 5.69 Å². The Labute approximate surface area is 177 Å². The fourth-order valence-electron chi connectivity index (χ4n) is 3.64. The number of nitrogens with one attached hydrogen (secondary N) is 2. The summed E-state index contributed by atoms with van der Waals surface area (Å²) in [7, 11) is 0. The number of nitriles is 1. The lowest BCUT2D eigenvalue weighted by molar-refractivity contribution is 0.475. The van der Waals surface area contributed by atoms with E-state index >= 15 is 0 Å². The van der Waals surface area contributed by atoms with Crippen molar-refractivity contribution in [1.82, 2.24) is 19.7 Å². The topological polar surface area (TPSA) is 117 Å². The van der Waals surface area contributed by atoms with Crippen LogP contribution in [0.1, 0.15) is 42.1 Å². The van der Waals surface area contributed by atoms with Crippen molar-refractivity contribution in [1.29, 1.82) is 5.26 Å². The first-order valence-electron chi connectivity index (χ1n) is 9.82. The molecular formula is C23H21N5O3. The first kappa shape index (κ1) is 20.2. The number of fused-ring (bicyclic) bond motifs is 1. The summed E-state index contributed by atoms with van der Waals surface area (Å²) in [5.74, 6) is 1.76. The third-order valence-electron chi connectivity index (χ3n) is 5.15. The normalized spacial score (nSPS) is 11.1. The highest BCUT2D eigenvalue weighted by atomic mass is 16.5. The number of aromatic nitrogens is 4. The summed E-state index contributed by atoms with van der Waals surface area (Å²) in [6.45, 7) is 8.02. The summed E-state index contributed by atoms with van der Waals surface area (Å²) in [5, 5.41) is 14.0. The van der Waals surface area contributed by atoms with Crippen LogP contribution in [0.2, 0.25) is 0 Å². The largest absolute Gasteiger partial charge is 0.457 e. The lowest BCUT2D eigenvalue weighted by atomic mass is 10.0. The Hall–Kier alpha value is -4.12. The van der Waals surface area contributed by atoms with Crippen LogP contribution < -0.4 is 16.0 Å². The summed E-state index contributed by atoms with van der Waals surface area (Å²) >= 11 is 0. The van der Waals surface area contributed by atoms with Crippen molar-refractivity contribution in [3.63, 3.8) is 0 Å². The summed E-state index contributed by atoms with van der Waals surface area (Å²) in [4.78, 5) is 29.2. The van der Waals surface area contributed by atoms with Gasteiger partial charge in [-0.2, -0.15) is 9.94 Å². The van der Waals surface area contributed by atoms with Crippen LogP contribution in [0.25, 0.3) is 16.6 Å². The molecule has 0 bridgehead atoms. The summed E-state index contributed by atoms with van der Waals surface area (Å²) < 4.78 is 7.21. The van der Waals surface area contributed by atoms with Gasteiger partial charge in [-0.05, 0) is 66.8 Å². The second kappa shape index (κ2) is 7.61. The molecule has 0 radical (unpaired) electrons. The predicted octanol–water partition coefficient (Wildman–Crippen LogP) is 3.81. The van der Waals surface area contributed by atoms with Crippen molar-refractivity contribution < 1.29 is 4.74 Å². The van der Waals surface area contributed by atoms with E-state index in [1.807, 2.05) is 38.2 Å². The molecule has 0 saturated heterocycles. The van der Waals surface area contributed by atoms with Crippen molar-refractivity contribution >= 4 is 10.9 Å². The van der Waals surface area contributed by atoms with E-state index in [1.165, 1.54) is 5.56 Å². The van der Waals surface area contributed by atoms with Crippen LogP contribution in [0.15, 0.2) is 46.1 Å². The first-order chi connectivity index (χ1) is 14.8. The number of rotatable bonds is 4. The van der Waals surface area contributed by atoms with E-state index in [0.29, 0.717) is 23.1 Å². The summed E-state index contributed by atoms with van der Waals surface area (Å²) in [5.41, 5.74) is 2.38. The van der Waals surface area contributed by atoms with Gasteiger partial charge in [0.25, 0.3) is 5.56 Å². The smallest absolute Gasteiger partial charge is 0.349 e. The molecule has 8 heteroatoms. The molecule has 0 amide bonds. The highest BCUT2D eigenvalue weighted by molar-refractivity contribution is 5.85. The standard InChI is InChI=1S/C23H21N5O3/c1-12(2)18-11-25-19-6-5-16(9-17(18)19)31-21-13(3)7-15(8-14(21)4)28-23(30)26-22(29)20(10-24)27-28/h5-9,11-12,25H,1-4H3,(H,26,29,30). The maximum absolute atomic E-state index is 12.2. The van der Waals surface area contributed by atoms with Crippen molar-refractivity contribution in [3.8, 4) is 23.3 Å². The molecule has 0 saturated carbocycles. The van der Waals surface area contributed by atoms with Gasteiger partial charge in [-0.25, -0.2) is 4.79 Å². The zero-order valence-corrected chi connectivity index (χ0v) is 17.6. The van der Waals surface area contributed by atoms with E-state index < -0.39 is 11.2 Å². The van der Waals surface area contributed by atoms with Gasteiger partial charge in [0, 0.05) is 17.1 Å². The number of nitrogens with zero attached hydrogens (tertiary/aromatic N) is 3. The van der Waals surface area contributed by atoms with Gasteiger partial charge in [0.2, 0.25) is 5.69 Å². The van der Waals surface area contributed by atoms with Crippen molar-refractivity contribution in [2.45, 2.75) is 33.6 Å². The molecule has 156 valence electrons. The lowest BCUT2D eigenvalue weighted by Gasteiger charge is -2.15. The molecule has 8 nitrogen and oxygen atoms in total. The quantitative estimate of drug-likeness (QED) is 0.526. The van der Waals surface area contributed by atoms with Crippen molar-refractivity contribution in [3.05, 3.63) is 79.8 Å². The Balaban J connectivity index is 1.75. The van der Waals surface area contributed by atoms with Gasteiger partial charge in [-0.15, -0.1) is 5.10 Å². The molecule has 0 aliphatic carbocycles. The minimum atomic E-state index is -0.807. The first-order valence-corrected chi connectivity index (χ1v) is 9.82. The second-order valence-electron chi connectivity index (χ2n) is 7.75. The van der Waals surface area contributed by atoms with Gasteiger partial charge in [0.1, 0.15) is 17.6 Å². The zero-order valence-electron chi connectivity index (χ0n) is 17.6. The number of hydrogen-bond acceptors (Lipinski definition) is 5. The Bertz CT molecular complexity index is 1440. The van der Waals surface area contributed by atoms with E-state index in [0.717, 1.165) is 26.7 Å². The Morgan fingerprint density at radius 3 is 2.48 bits per heavy atom. The molecule has 0 fully saturated rings. The number of aryl methyl sites for hydroxylation is 2. The molecule has 2 N–H and O–H groups in total. The Morgan fingerprint density at radius 2 is 1.84 bits per heavy atom. The van der Waals surface area contributed by atoms with Gasteiger partial charge in [-0.3, -0.25) is 9.78 Å². The average molecular weight is 415 g/mol. The highest BCUT2D eigenvalue weighted by Crippen LogP contribution is 2.34. The molecule has 2 aromatic heterocycles. The second-order valence-corrected chi connectivity index (χ2v) is 7.75. The van der Waals surface area contributed by atoms with Crippen LogP contribution in [-0.4, -0.2) is 19.7 Å². The maximum Gasteiger partial charge on any atom is 0.349 e. The highest BCUT2D eigenvalue weighted by Gasteiger charge is 2.14. The van der Waals surface area contributed by atoms with Crippen LogP contribution >= 0.6 is 0 Å². The van der Waals surface area contributed by atoms with E-state index in [9.17, 15) is 9.59 Å². The third kappa shape index (κ3) is 3.62. The van der Waals surface area contributed by atoms with E-state index in [1.54, 1.807) is 18.2 Å². The number of ether oxygens (including phenoxy) is 1. The zero-order chi connectivity index (χ0) is 22.3. The summed E-state index contributed by atoms with van der Waals surface area (Å²) in [6.07, 6.45) is 2.02. The van der Waals surface area contributed by atoms with Crippen LogP contribution in [0.5, 0.6) is 11.5 Å². The molecule has 4 rings (SSSR count). The molecule has 0 unspecified atom stereocenters. The maximum atomic E-state index is 12.2. The average Bonchev–Trinajstić information content (AvgIpc) is 3.14. The van der Waals surface area contributed by atoms with E-state index in [4.69, 9.17) is 10.00 Å².